The summed E-state index contributed by atoms with van der Waals surface area (Å²) in [4.78, 5) is 33.0. The number of hydrogen-bond donors (Lipinski definition) is 3. The molecule has 6 aromatic rings. The molecule has 0 aliphatic heterocycles. The molecule has 1 aliphatic rings. The predicted molar refractivity (Wildman–Crippen MR) is 137 cm³/mol. The van der Waals surface area contributed by atoms with E-state index in [1.807, 2.05) is 18.2 Å². The van der Waals surface area contributed by atoms with Crippen molar-refractivity contribution in [3.63, 3.8) is 0 Å². The monoisotopic (exact) mass is 490 g/mol. The molecule has 0 spiro atoms. The van der Waals surface area contributed by atoms with Gasteiger partial charge in [0.2, 0.25) is 5.91 Å². The van der Waals surface area contributed by atoms with Crippen LogP contribution in [0.25, 0.3) is 55.8 Å². The van der Waals surface area contributed by atoms with Crippen LogP contribution in [0.2, 0.25) is 0 Å². The molecule has 1 saturated carbocycles. The van der Waals surface area contributed by atoms with Crippen LogP contribution in [0, 0.1) is 11.7 Å². The van der Waals surface area contributed by atoms with E-state index in [1.54, 1.807) is 49.2 Å². The number of anilines is 1. The van der Waals surface area contributed by atoms with E-state index in [-0.39, 0.29) is 11.8 Å². The highest BCUT2D eigenvalue weighted by atomic mass is 19.1. The van der Waals surface area contributed by atoms with Gasteiger partial charge in [0, 0.05) is 47.4 Å². The molecule has 3 N–H and O–H groups in total. The lowest BCUT2D eigenvalue weighted by Crippen LogP contribution is -2.13. The number of pyridine rings is 3. The van der Waals surface area contributed by atoms with E-state index in [1.165, 1.54) is 0 Å². The molecular formula is C27H19FN8O. The van der Waals surface area contributed by atoms with Crippen LogP contribution in [0.15, 0.2) is 67.4 Å². The molecule has 1 amide bonds. The average molecular weight is 491 g/mol. The number of fused-ring (bicyclic) bond motifs is 2. The molecule has 9 nitrogen and oxygen atoms in total. The number of amides is 1. The smallest absolute Gasteiger partial charge is 0.227 e. The van der Waals surface area contributed by atoms with Crippen LogP contribution >= 0.6 is 0 Å². The van der Waals surface area contributed by atoms with E-state index in [0.717, 1.165) is 23.9 Å². The van der Waals surface area contributed by atoms with Gasteiger partial charge in [-0.2, -0.15) is 5.10 Å². The number of halogens is 1. The van der Waals surface area contributed by atoms with Gasteiger partial charge in [-0.3, -0.25) is 24.8 Å². The Kier molecular flexibility index (Phi) is 4.78. The van der Waals surface area contributed by atoms with Gasteiger partial charge in [0.25, 0.3) is 0 Å². The first-order chi connectivity index (χ1) is 18.2. The highest BCUT2D eigenvalue weighted by Crippen LogP contribution is 2.36. The van der Waals surface area contributed by atoms with E-state index in [2.05, 4.69) is 35.5 Å². The van der Waals surface area contributed by atoms with Gasteiger partial charge in [0.15, 0.2) is 5.82 Å². The van der Waals surface area contributed by atoms with Crippen LogP contribution in [-0.2, 0) is 4.79 Å². The number of nitrogens with zero attached hydrogens (tertiary/aromatic N) is 5. The molecule has 10 heteroatoms. The second-order valence-corrected chi connectivity index (χ2v) is 9.02. The Bertz CT molecular complexity index is 1810. The van der Waals surface area contributed by atoms with Crippen molar-refractivity contribution >= 4 is 33.5 Å². The van der Waals surface area contributed by atoms with Crippen molar-refractivity contribution in [1.29, 1.82) is 0 Å². The number of H-pyrrole nitrogens is 2. The number of carbonyl (C=O) groups excluding carboxylic acids is 1. The standard InChI is InChI=1S/C27H19FN8O/c28-22-18(16-11-17(13-30-12-16)32-27(37)15-1-2-15)3-4-19-21(22)25(36-35-19)26-33-20-7-10-31-23(24(20)34-26)14-5-8-29-9-6-14/h3-13,15H,1-2H2,(H,32,37)(H,33,34)(H,35,36). The first-order valence-electron chi connectivity index (χ1n) is 11.8. The van der Waals surface area contributed by atoms with Gasteiger partial charge in [-0.1, -0.05) is 0 Å². The zero-order chi connectivity index (χ0) is 24.9. The molecule has 0 saturated heterocycles. The van der Waals surface area contributed by atoms with Gasteiger partial charge in [0.05, 0.1) is 34.0 Å². The third-order valence-corrected chi connectivity index (χ3v) is 6.51. The summed E-state index contributed by atoms with van der Waals surface area (Å²) in [5.74, 6) is -0.00773. The SMILES string of the molecule is O=C(Nc1cncc(-c2ccc3[nH]nc(-c4nc5c(-c6ccncc6)nccc5[nH]4)c3c2F)c1)C1CC1. The van der Waals surface area contributed by atoms with E-state index in [0.29, 0.717) is 50.4 Å². The summed E-state index contributed by atoms with van der Waals surface area (Å²) in [5.41, 5.74) is 5.31. The molecule has 7 rings (SSSR count). The largest absolute Gasteiger partial charge is 0.336 e. The maximum Gasteiger partial charge on any atom is 0.227 e. The van der Waals surface area contributed by atoms with Crippen LogP contribution in [0.5, 0.6) is 0 Å². The minimum absolute atomic E-state index is 0.0301. The Labute approximate surface area is 209 Å². The zero-order valence-electron chi connectivity index (χ0n) is 19.4. The quantitative estimate of drug-likeness (QED) is 0.308. The summed E-state index contributed by atoms with van der Waals surface area (Å²) in [5, 5.41) is 10.5. The minimum Gasteiger partial charge on any atom is -0.336 e. The Morgan fingerprint density at radius 2 is 1.81 bits per heavy atom. The van der Waals surface area contributed by atoms with Gasteiger partial charge >= 0.3 is 0 Å². The van der Waals surface area contributed by atoms with Crippen LogP contribution in [-0.4, -0.2) is 41.0 Å². The molecule has 1 fully saturated rings. The lowest BCUT2D eigenvalue weighted by atomic mass is 10.0. The van der Waals surface area contributed by atoms with Crippen molar-refractivity contribution in [2.24, 2.45) is 5.92 Å². The number of benzene rings is 1. The summed E-state index contributed by atoms with van der Waals surface area (Å²) in [7, 11) is 0. The summed E-state index contributed by atoms with van der Waals surface area (Å²) in [6.07, 6.45) is 10.0. The number of carbonyl (C=O) groups is 1. The third-order valence-electron chi connectivity index (χ3n) is 6.51. The van der Waals surface area contributed by atoms with Gasteiger partial charge in [-0.25, -0.2) is 9.37 Å². The number of nitrogens with one attached hydrogen (secondary N) is 3. The van der Waals surface area contributed by atoms with E-state index in [9.17, 15) is 4.79 Å². The maximum absolute atomic E-state index is 16.0. The number of rotatable bonds is 5. The molecule has 180 valence electrons. The summed E-state index contributed by atoms with van der Waals surface area (Å²) < 4.78 is 16.0. The van der Waals surface area contributed by atoms with Crippen molar-refractivity contribution in [2.75, 3.05) is 5.32 Å². The lowest BCUT2D eigenvalue weighted by Gasteiger charge is -2.08. The fourth-order valence-corrected chi connectivity index (χ4v) is 4.48. The van der Waals surface area contributed by atoms with Crippen molar-refractivity contribution in [3.8, 4) is 33.9 Å². The number of imidazole rings is 1. The molecular weight excluding hydrogens is 471 g/mol. The van der Waals surface area contributed by atoms with Crippen LogP contribution < -0.4 is 5.32 Å². The summed E-state index contributed by atoms with van der Waals surface area (Å²) in [6, 6.07) is 10.7. The van der Waals surface area contributed by atoms with Crippen molar-refractivity contribution in [1.82, 2.24) is 35.1 Å². The third kappa shape index (κ3) is 3.70. The molecule has 0 atom stereocenters. The Morgan fingerprint density at radius 3 is 2.65 bits per heavy atom. The average Bonchev–Trinajstić information content (AvgIpc) is 3.54. The minimum atomic E-state index is -0.457. The van der Waals surface area contributed by atoms with Crippen molar-refractivity contribution < 1.29 is 9.18 Å². The van der Waals surface area contributed by atoms with Crippen LogP contribution in [0.1, 0.15) is 12.8 Å². The second kappa shape index (κ2) is 8.30. The molecule has 0 radical (unpaired) electrons. The summed E-state index contributed by atoms with van der Waals surface area (Å²) >= 11 is 0. The Balaban J connectivity index is 1.32. The van der Waals surface area contributed by atoms with E-state index < -0.39 is 5.82 Å². The molecule has 0 bridgehead atoms. The Morgan fingerprint density at radius 1 is 0.946 bits per heavy atom. The second-order valence-electron chi connectivity index (χ2n) is 9.02. The zero-order valence-corrected chi connectivity index (χ0v) is 19.4. The predicted octanol–water partition coefficient (Wildman–Crippen LogP) is 5.11. The highest BCUT2D eigenvalue weighted by molar-refractivity contribution is 5.98. The van der Waals surface area contributed by atoms with Gasteiger partial charge < -0.3 is 10.3 Å². The molecule has 37 heavy (non-hydrogen) atoms. The lowest BCUT2D eigenvalue weighted by molar-refractivity contribution is -0.117. The topological polar surface area (TPSA) is 125 Å². The summed E-state index contributed by atoms with van der Waals surface area (Å²) in [6.45, 7) is 0. The number of aromatic nitrogens is 7. The fraction of sp³-hybridized carbons (Fsp3) is 0.111. The van der Waals surface area contributed by atoms with Crippen molar-refractivity contribution in [2.45, 2.75) is 12.8 Å². The molecule has 5 heterocycles. The molecule has 0 unspecified atom stereocenters. The highest BCUT2D eigenvalue weighted by Gasteiger charge is 2.29. The van der Waals surface area contributed by atoms with E-state index >= 15 is 4.39 Å². The van der Waals surface area contributed by atoms with Gasteiger partial charge in [-0.05, 0) is 49.2 Å². The number of aromatic amines is 2. The fourth-order valence-electron chi connectivity index (χ4n) is 4.48. The first-order valence-corrected chi connectivity index (χ1v) is 11.8. The normalized spacial score (nSPS) is 13.3. The number of hydrogen-bond acceptors (Lipinski definition) is 6. The van der Waals surface area contributed by atoms with Gasteiger partial charge in [-0.15, -0.1) is 0 Å². The Hall–Kier alpha value is -4.99. The van der Waals surface area contributed by atoms with Gasteiger partial charge in [0.1, 0.15) is 17.0 Å². The molecule has 1 aromatic carbocycles. The molecule has 5 aromatic heterocycles. The molecule has 1 aliphatic carbocycles. The van der Waals surface area contributed by atoms with E-state index in [4.69, 9.17) is 4.98 Å². The van der Waals surface area contributed by atoms with Crippen molar-refractivity contribution in [3.05, 3.63) is 73.2 Å². The maximum atomic E-state index is 16.0. The first kappa shape index (κ1) is 21.3. The van der Waals surface area contributed by atoms with Crippen LogP contribution in [0.4, 0.5) is 10.1 Å². The van der Waals surface area contributed by atoms with Crippen LogP contribution in [0.3, 0.4) is 0 Å².